The number of para-hydroxylation sites is 4. The number of nitrogens with zero attached hydrogens (tertiary/aromatic N) is 8. The second kappa shape index (κ2) is 39.7. The molecule has 0 bridgehead atoms. The summed E-state index contributed by atoms with van der Waals surface area (Å²) in [5, 5.41) is 23.3. The van der Waals surface area contributed by atoms with Crippen molar-refractivity contribution in [1.82, 2.24) is 19.6 Å². The van der Waals surface area contributed by atoms with Gasteiger partial charge in [-0.2, -0.15) is 72.8 Å². The van der Waals surface area contributed by atoms with Gasteiger partial charge in [-0.1, -0.05) is 137 Å². The molecule has 0 radical (unpaired) electrons. The van der Waals surface area contributed by atoms with E-state index < -0.39 is 0 Å². The normalized spacial score (nSPS) is 10.6. The Bertz CT molecular complexity index is 2300. The summed E-state index contributed by atoms with van der Waals surface area (Å²) >= 11 is 0. The van der Waals surface area contributed by atoms with Crippen LogP contribution >= 0.6 is 0 Å². The zero-order valence-electron chi connectivity index (χ0n) is 48.6. The second-order valence-corrected chi connectivity index (χ2v) is 20.2. The molecule has 2 aromatic heterocycles. The van der Waals surface area contributed by atoms with Gasteiger partial charge >= 0.3 is 77.9 Å². The molecule has 8 aromatic rings. The average Bonchev–Trinajstić information content (AvgIpc) is 3.90. The first-order valence-electron chi connectivity index (χ1n) is 24.6. The van der Waals surface area contributed by atoms with Crippen LogP contribution in [0, 0.1) is 12.1 Å². The van der Waals surface area contributed by atoms with Gasteiger partial charge in [-0.05, 0) is 82.6 Å². The fourth-order valence-corrected chi connectivity index (χ4v) is 6.24. The summed E-state index contributed by atoms with van der Waals surface area (Å²) in [7, 11) is 16.4. The molecule has 0 aliphatic heterocycles. The Morgan fingerprint density at radius 1 is 0.355 bits per heavy atom. The fraction of sp³-hybridized carbons (Fsp3) is 0.400. The zero-order valence-corrected chi connectivity index (χ0v) is 60.4. The SMILES string of the molecule is CC(C)(C)[NH-].CC(C)(C)[NH-].CN(C)CC[N-]c1cccc2c1oc1c([N-]CCN(C)C)cccc12.CN(C)CC[N-]c1cccc2c1oc1c([N-]CCN(C)C)cccc12.[Zn+2].[Zn+2].[Zn+2].[Zn+2].[c-]1ccccc1.[c-]1ccccc1. The summed E-state index contributed by atoms with van der Waals surface area (Å²) in [5.74, 6) is 0. The van der Waals surface area contributed by atoms with Crippen molar-refractivity contribution in [2.75, 3.05) is 109 Å². The molecule has 2 N–H and O–H groups in total. The molecule has 0 saturated heterocycles. The van der Waals surface area contributed by atoms with E-state index >= 15 is 0 Å². The molecule has 0 aliphatic carbocycles. The molecule has 2 heterocycles. The Morgan fingerprint density at radius 3 is 0.697 bits per heavy atom. The molecule has 6 aromatic carbocycles. The third-order valence-corrected chi connectivity index (χ3v) is 9.50. The molecule has 0 amide bonds. The Kier molecular flexibility index (Phi) is 38.9. The van der Waals surface area contributed by atoms with Crippen LogP contribution in [0.25, 0.3) is 76.6 Å². The van der Waals surface area contributed by atoms with Crippen molar-refractivity contribution in [3.63, 3.8) is 0 Å². The number of fused-ring (bicyclic) bond motifs is 6. The average molecular weight is 1240 g/mol. The minimum Gasteiger partial charge on any atom is -0.680 e. The van der Waals surface area contributed by atoms with Crippen LogP contribution in [0.2, 0.25) is 0 Å². The van der Waals surface area contributed by atoms with Crippen LogP contribution in [0.1, 0.15) is 41.5 Å². The van der Waals surface area contributed by atoms with Gasteiger partial charge in [-0.25, -0.2) is 0 Å². The van der Waals surface area contributed by atoms with Crippen LogP contribution in [0.5, 0.6) is 0 Å². The monoisotopic (exact) mass is 1230 g/mol. The van der Waals surface area contributed by atoms with Crippen LogP contribution in [0.3, 0.4) is 0 Å². The first kappa shape index (κ1) is 74.4. The van der Waals surface area contributed by atoms with Gasteiger partial charge < -0.3 is 61.2 Å². The van der Waals surface area contributed by atoms with E-state index in [1.165, 1.54) is 0 Å². The van der Waals surface area contributed by atoms with Crippen molar-refractivity contribution < 1.29 is 86.7 Å². The molecule has 0 aliphatic rings. The number of likely N-dealkylation sites (N-methyl/N-ethyl adjacent to an activating group) is 4. The molecule has 76 heavy (non-hydrogen) atoms. The van der Waals surface area contributed by atoms with E-state index in [-0.39, 0.29) is 89.0 Å². The third-order valence-electron chi connectivity index (χ3n) is 9.50. The van der Waals surface area contributed by atoms with Crippen LogP contribution in [0.4, 0.5) is 22.7 Å². The van der Waals surface area contributed by atoms with Crippen molar-refractivity contribution in [3.05, 3.63) is 178 Å². The van der Waals surface area contributed by atoms with Gasteiger partial charge in [0.2, 0.25) is 0 Å². The maximum atomic E-state index is 6.94. The summed E-state index contributed by atoms with van der Waals surface area (Å²) in [4.78, 5) is 8.52. The van der Waals surface area contributed by atoms with E-state index in [2.05, 4.69) is 112 Å². The molecule has 12 nitrogen and oxygen atoms in total. The molecular weight excluding hydrogens is 1150 g/mol. The van der Waals surface area contributed by atoms with Crippen molar-refractivity contribution in [3.8, 4) is 0 Å². The minimum atomic E-state index is -0.250. The summed E-state index contributed by atoms with van der Waals surface area (Å²) in [6.07, 6.45) is 0. The third kappa shape index (κ3) is 31.1. The van der Waals surface area contributed by atoms with E-state index in [0.717, 1.165) is 119 Å². The predicted molar refractivity (Wildman–Crippen MR) is 312 cm³/mol. The molecule has 0 atom stereocenters. The van der Waals surface area contributed by atoms with Gasteiger partial charge in [-0.3, -0.25) is 0 Å². The number of benzene rings is 6. The van der Waals surface area contributed by atoms with Gasteiger partial charge in [0.05, 0.1) is 0 Å². The first-order valence-corrected chi connectivity index (χ1v) is 24.6. The summed E-state index contributed by atoms with van der Waals surface area (Å²) < 4.78 is 12.4. The van der Waals surface area contributed by atoms with Crippen LogP contribution in [-0.4, -0.2) is 139 Å². The summed E-state index contributed by atoms with van der Waals surface area (Å²) in [5.41, 5.74) is 20.4. The zero-order chi connectivity index (χ0) is 53.1. The quantitative estimate of drug-likeness (QED) is 0.0696. The molecule has 0 fully saturated rings. The topological polar surface area (TPSA) is 143 Å². The Hall–Kier alpha value is -3.63. The predicted octanol–water partition coefficient (Wildman–Crippen LogP) is 16.1. The number of furan rings is 2. The number of hydrogen-bond donors (Lipinski definition) is 0. The number of rotatable bonds is 16. The molecule has 0 saturated carbocycles. The summed E-state index contributed by atoms with van der Waals surface area (Å²) in [6.45, 7) is 17.8. The molecule has 392 valence electrons. The molecule has 16 heteroatoms. The van der Waals surface area contributed by atoms with Crippen LogP contribution in [-0.2, 0) is 77.9 Å². The minimum absolute atomic E-state index is 0. The van der Waals surface area contributed by atoms with Gasteiger partial charge in [0, 0.05) is 21.5 Å². The van der Waals surface area contributed by atoms with Crippen molar-refractivity contribution in [1.29, 1.82) is 0 Å². The smallest absolute Gasteiger partial charge is 0.680 e. The standard InChI is InChI=1S/2C20H26N4O.2C6H5.2C4H10N.4Zn/c2*1-23(2)13-11-21-17-9-5-7-15-16-8-6-10-18(20(16)25-19(15)17)22-12-14-24(3)4;2*1-2-4-6-5-3-1;2*1-4(2,3)5;;;;/h2*5-10H,11-14H2,1-4H3;2*1-5H;2*5H,1-3H3;;;;/q2*-2;4*-1;4*+2. The van der Waals surface area contributed by atoms with Gasteiger partial charge in [0.1, 0.15) is 22.3 Å². The maximum absolute atomic E-state index is 6.94. The van der Waals surface area contributed by atoms with E-state index in [1.54, 1.807) is 0 Å². The molecular formula is C60H82N10O2Zn4. The molecule has 0 spiro atoms. The molecule has 0 unspecified atom stereocenters. The van der Waals surface area contributed by atoms with Crippen molar-refractivity contribution in [2.24, 2.45) is 0 Å². The van der Waals surface area contributed by atoms with E-state index in [0.29, 0.717) is 0 Å². The Balaban J connectivity index is 0. The van der Waals surface area contributed by atoms with Gasteiger partial charge in [-0.15, -0.1) is 37.3 Å². The van der Waals surface area contributed by atoms with Crippen molar-refractivity contribution in [2.45, 2.75) is 52.6 Å². The fourth-order valence-electron chi connectivity index (χ4n) is 6.24. The van der Waals surface area contributed by atoms with Crippen molar-refractivity contribution >= 4 is 66.6 Å². The van der Waals surface area contributed by atoms with Gasteiger partial charge in [0.25, 0.3) is 0 Å². The second-order valence-electron chi connectivity index (χ2n) is 20.2. The van der Waals surface area contributed by atoms with E-state index in [9.17, 15) is 0 Å². The Labute approximate surface area is 508 Å². The van der Waals surface area contributed by atoms with E-state index in [1.807, 2.05) is 151 Å². The first-order chi connectivity index (χ1) is 34.1. The number of hydrogen-bond acceptors (Lipinski definition) is 6. The summed E-state index contributed by atoms with van der Waals surface area (Å²) in [6, 6.07) is 49.6. The maximum Gasteiger partial charge on any atom is 2.00 e. The van der Waals surface area contributed by atoms with Crippen LogP contribution < -0.4 is 0 Å². The van der Waals surface area contributed by atoms with Gasteiger partial charge in [0.15, 0.2) is 0 Å². The largest absolute Gasteiger partial charge is 2.00 e. The van der Waals surface area contributed by atoms with E-state index in [4.69, 9.17) is 41.6 Å². The number of nitrogens with one attached hydrogen (secondary N) is 2. The van der Waals surface area contributed by atoms with Crippen LogP contribution in [0.15, 0.2) is 142 Å². The molecule has 8 rings (SSSR count). The Morgan fingerprint density at radius 2 is 0.553 bits per heavy atom.